The third-order valence-electron chi connectivity index (χ3n) is 4.75. The number of hydrogen-bond acceptors (Lipinski definition) is 4. The maximum atomic E-state index is 12.4. The maximum Gasteiger partial charge on any atom is 0.326 e. The van der Waals surface area contributed by atoms with Crippen molar-refractivity contribution in [2.24, 2.45) is 5.92 Å². The third kappa shape index (κ3) is 5.70. The second-order valence-corrected chi connectivity index (χ2v) is 6.86. The summed E-state index contributed by atoms with van der Waals surface area (Å²) in [5, 5.41) is 12.1. The molecule has 2 amide bonds. The summed E-state index contributed by atoms with van der Waals surface area (Å²) in [4.78, 5) is 37.6. The van der Waals surface area contributed by atoms with Crippen LogP contribution in [0.3, 0.4) is 0 Å². The number of para-hydroxylation sites is 1. The Kier molecular flexibility index (Phi) is 7.64. The summed E-state index contributed by atoms with van der Waals surface area (Å²) in [5.41, 5.74) is 0.460. The molecule has 2 atom stereocenters. The van der Waals surface area contributed by atoms with E-state index in [0.717, 1.165) is 6.42 Å². The van der Waals surface area contributed by atoms with E-state index in [-0.39, 0.29) is 18.2 Å². The highest BCUT2D eigenvalue weighted by atomic mass is 16.5. The van der Waals surface area contributed by atoms with Gasteiger partial charge in [-0.2, -0.15) is 0 Å². The number of benzene rings is 1. The monoisotopic (exact) mass is 376 g/mol. The second-order valence-electron chi connectivity index (χ2n) is 6.86. The molecule has 7 nitrogen and oxygen atoms in total. The lowest BCUT2D eigenvalue weighted by atomic mass is 9.92. The van der Waals surface area contributed by atoms with Crippen molar-refractivity contribution in [3.8, 4) is 5.75 Å². The number of nitrogens with one attached hydrogen (secondary N) is 1. The van der Waals surface area contributed by atoms with Gasteiger partial charge in [0.15, 0.2) is 0 Å². The molecule has 1 aromatic rings. The molecule has 148 valence electrons. The first-order valence-corrected chi connectivity index (χ1v) is 9.46. The van der Waals surface area contributed by atoms with Crippen LogP contribution in [0.5, 0.6) is 5.75 Å². The molecule has 2 unspecified atom stereocenters. The van der Waals surface area contributed by atoms with Crippen LogP contribution in [-0.2, 0) is 9.59 Å². The minimum Gasteiger partial charge on any atom is -0.493 e. The molecule has 0 aromatic heterocycles. The number of carbonyl (C=O) groups is 3. The maximum absolute atomic E-state index is 12.4. The summed E-state index contributed by atoms with van der Waals surface area (Å²) < 4.78 is 5.45. The second kappa shape index (κ2) is 9.94. The van der Waals surface area contributed by atoms with Gasteiger partial charge < -0.3 is 20.1 Å². The summed E-state index contributed by atoms with van der Waals surface area (Å²) in [7, 11) is 0. The van der Waals surface area contributed by atoms with E-state index in [4.69, 9.17) is 4.74 Å². The number of likely N-dealkylation sites (tertiary alicyclic amines) is 1. The van der Waals surface area contributed by atoms with Crippen LogP contribution in [0, 0.1) is 5.92 Å². The van der Waals surface area contributed by atoms with E-state index in [2.05, 4.69) is 5.32 Å². The van der Waals surface area contributed by atoms with Gasteiger partial charge in [0.2, 0.25) is 5.91 Å². The van der Waals surface area contributed by atoms with Crippen molar-refractivity contribution in [1.29, 1.82) is 0 Å². The van der Waals surface area contributed by atoms with Crippen molar-refractivity contribution in [2.75, 3.05) is 19.7 Å². The average Bonchev–Trinajstić information content (AvgIpc) is 2.65. The molecule has 0 spiro atoms. The van der Waals surface area contributed by atoms with Gasteiger partial charge in [-0.05, 0) is 44.2 Å². The molecular formula is C20H28N2O5. The molecule has 1 heterocycles. The average molecular weight is 376 g/mol. The molecule has 0 saturated carbocycles. The molecule has 27 heavy (non-hydrogen) atoms. The molecule has 1 aliphatic heterocycles. The van der Waals surface area contributed by atoms with Gasteiger partial charge in [-0.1, -0.05) is 19.1 Å². The summed E-state index contributed by atoms with van der Waals surface area (Å²) in [6, 6.07) is 6.26. The standard InChI is InChI=1S/C20H28N2O5/c1-3-27-17-8-5-4-7-15(17)19(24)21-11-6-9-18(23)22-12-10-14(2)13-16(22)20(25)26/h4-5,7-8,14,16H,3,6,9-13H2,1-2H3,(H,21,24)(H,25,26). The molecule has 1 aliphatic rings. The Hall–Kier alpha value is -2.57. The van der Waals surface area contributed by atoms with Crippen LogP contribution in [0.4, 0.5) is 0 Å². The Bertz CT molecular complexity index is 676. The number of piperidine rings is 1. The molecular weight excluding hydrogens is 348 g/mol. The summed E-state index contributed by atoms with van der Waals surface area (Å²) in [6.07, 6.45) is 1.98. The van der Waals surface area contributed by atoms with Gasteiger partial charge in [-0.25, -0.2) is 4.79 Å². The zero-order valence-electron chi connectivity index (χ0n) is 15.9. The number of carboxylic acids is 1. The van der Waals surface area contributed by atoms with Crippen LogP contribution >= 0.6 is 0 Å². The number of carbonyl (C=O) groups excluding carboxylic acids is 2. The Morgan fingerprint density at radius 2 is 2.04 bits per heavy atom. The summed E-state index contributed by atoms with van der Waals surface area (Å²) in [6.45, 7) is 5.15. The van der Waals surface area contributed by atoms with Crippen molar-refractivity contribution < 1.29 is 24.2 Å². The number of aliphatic carboxylic acids is 1. The minimum atomic E-state index is -0.948. The molecule has 1 saturated heterocycles. The molecule has 7 heteroatoms. The Labute approximate surface area is 159 Å². The van der Waals surface area contributed by atoms with Gasteiger partial charge in [0, 0.05) is 19.5 Å². The topological polar surface area (TPSA) is 95.9 Å². The van der Waals surface area contributed by atoms with E-state index in [0.29, 0.717) is 49.8 Å². The fourth-order valence-corrected chi connectivity index (χ4v) is 3.29. The minimum absolute atomic E-state index is 0.168. The largest absolute Gasteiger partial charge is 0.493 e. The van der Waals surface area contributed by atoms with Crippen LogP contribution in [0.15, 0.2) is 24.3 Å². The fourth-order valence-electron chi connectivity index (χ4n) is 3.29. The van der Waals surface area contributed by atoms with Gasteiger partial charge in [-0.15, -0.1) is 0 Å². The lowest BCUT2D eigenvalue weighted by Gasteiger charge is -2.36. The van der Waals surface area contributed by atoms with Crippen molar-refractivity contribution in [3.05, 3.63) is 29.8 Å². The number of rotatable bonds is 8. The first kappa shape index (κ1) is 20.7. The Balaban J connectivity index is 1.81. The highest BCUT2D eigenvalue weighted by molar-refractivity contribution is 5.96. The van der Waals surface area contributed by atoms with Crippen LogP contribution in [-0.4, -0.2) is 53.5 Å². The van der Waals surface area contributed by atoms with E-state index in [1.54, 1.807) is 24.3 Å². The van der Waals surface area contributed by atoms with Crippen molar-refractivity contribution in [1.82, 2.24) is 10.2 Å². The van der Waals surface area contributed by atoms with Crippen molar-refractivity contribution >= 4 is 17.8 Å². The van der Waals surface area contributed by atoms with Crippen LogP contribution in [0.1, 0.15) is 49.9 Å². The fraction of sp³-hybridized carbons (Fsp3) is 0.550. The van der Waals surface area contributed by atoms with E-state index < -0.39 is 12.0 Å². The number of hydrogen-bond donors (Lipinski definition) is 2. The van der Waals surface area contributed by atoms with E-state index in [1.165, 1.54) is 4.90 Å². The predicted molar refractivity (Wildman–Crippen MR) is 101 cm³/mol. The van der Waals surface area contributed by atoms with Gasteiger partial charge in [0.25, 0.3) is 5.91 Å². The number of nitrogens with zero attached hydrogens (tertiary/aromatic N) is 1. The lowest BCUT2D eigenvalue weighted by Crippen LogP contribution is -2.49. The molecule has 0 radical (unpaired) electrons. The highest BCUT2D eigenvalue weighted by Crippen LogP contribution is 2.23. The van der Waals surface area contributed by atoms with E-state index >= 15 is 0 Å². The van der Waals surface area contributed by atoms with Crippen molar-refractivity contribution in [3.63, 3.8) is 0 Å². The Morgan fingerprint density at radius 1 is 1.30 bits per heavy atom. The molecule has 0 aliphatic carbocycles. The molecule has 1 aromatic carbocycles. The van der Waals surface area contributed by atoms with E-state index in [1.807, 2.05) is 13.8 Å². The predicted octanol–water partition coefficient (Wildman–Crippen LogP) is 2.31. The molecule has 1 fully saturated rings. The van der Waals surface area contributed by atoms with E-state index in [9.17, 15) is 19.5 Å². The quantitative estimate of drug-likeness (QED) is 0.679. The van der Waals surface area contributed by atoms with Gasteiger partial charge >= 0.3 is 5.97 Å². The summed E-state index contributed by atoms with van der Waals surface area (Å²) in [5.74, 6) is -0.532. The number of carboxylic acid groups (broad SMARTS) is 1. The smallest absolute Gasteiger partial charge is 0.326 e. The van der Waals surface area contributed by atoms with Gasteiger partial charge in [0.1, 0.15) is 11.8 Å². The van der Waals surface area contributed by atoms with Crippen molar-refractivity contribution in [2.45, 2.75) is 45.6 Å². The molecule has 0 bridgehead atoms. The zero-order valence-corrected chi connectivity index (χ0v) is 15.9. The van der Waals surface area contributed by atoms with Gasteiger partial charge in [0.05, 0.1) is 12.2 Å². The van der Waals surface area contributed by atoms with Crippen LogP contribution in [0.2, 0.25) is 0 Å². The first-order chi connectivity index (χ1) is 12.9. The summed E-state index contributed by atoms with van der Waals surface area (Å²) >= 11 is 0. The molecule has 2 N–H and O–H groups in total. The highest BCUT2D eigenvalue weighted by Gasteiger charge is 2.34. The number of amides is 2. The molecule has 2 rings (SSSR count). The van der Waals surface area contributed by atoms with Crippen LogP contribution < -0.4 is 10.1 Å². The SMILES string of the molecule is CCOc1ccccc1C(=O)NCCCC(=O)N1CCC(C)CC1C(=O)O. The Morgan fingerprint density at radius 3 is 2.74 bits per heavy atom. The lowest BCUT2D eigenvalue weighted by molar-refractivity contribution is -0.153. The van der Waals surface area contributed by atoms with Gasteiger partial charge in [-0.3, -0.25) is 9.59 Å². The normalized spacial score (nSPS) is 19.4. The first-order valence-electron chi connectivity index (χ1n) is 9.46. The third-order valence-corrected chi connectivity index (χ3v) is 4.75. The number of ether oxygens (including phenoxy) is 1. The zero-order chi connectivity index (χ0) is 19.8. The van der Waals surface area contributed by atoms with Crippen LogP contribution in [0.25, 0.3) is 0 Å².